The van der Waals surface area contributed by atoms with Crippen LogP contribution in [0.4, 0.5) is 0 Å². The Morgan fingerprint density at radius 2 is 1.72 bits per heavy atom. The molecule has 0 heterocycles. The molecule has 0 unspecified atom stereocenters. The van der Waals surface area contributed by atoms with Gasteiger partial charge in [0.1, 0.15) is 5.75 Å². The van der Waals surface area contributed by atoms with E-state index in [-0.39, 0.29) is 0 Å². The van der Waals surface area contributed by atoms with E-state index in [2.05, 4.69) is 52.8 Å². The van der Waals surface area contributed by atoms with Crippen LogP contribution >= 0.6 is 0 Å². The molecule has 0 radical (unpaired) electrons. The van der Waals surface area contributed by atoms with Crippen molar-refractivity contribution in [2.24, 2.45) is 5.92 Å². The number of aryl methyl sites for hydroxylation is 1. The van der Waals surface area contributed by atoms with Crippen LogP contribution in [0.5, 0.6) is 5.75 Å². The highest BCUT2D eigenvalue weighted by atomic mass is 16.5. The first kappa shape index (κ1) is 15.1. The summed E-state index contributed by atoms with van der Waals surface area (Å²) in [6.07, 6.45) is 3.72. The maximum atomic E-state index is 5.86. The van der Waals surface area contributed by atoms with Crippen LogP contribution in [0.15, 0.2) is 18.2 Å². The predicted octanol–water partition coefficient (Wildman–Crippen LogP) is 5.32. The largest absolute Gasteiger partial charge is 0.494 e. The molecule has 102 valence electrons. The van der Waals surface area contributed by atoms with Gasteiger partial charge in [-0.1, -0.05) is 40.2 Å². The first-order valence-corrected chi connectivity index (χ1v) is 7.23. The van der Waals surface area contributed by atoms with Gasteiger partial charge in [0.25, 0.3) is 0 Å². The number of unbranched alkanes of at least 4 members (excludes halogenated alkanes) is 1. The van der Waals surface area contributed by atoms with Crippen LogP contribution in [0, 0.1) is 12.8 Å². The number of hydrogen-bond donors (Lipinski definition) is 0. The quantitative estimate of drug-likeness (QED) is 0.593. The summed E-state index contributed by atoms with van der Waals surface area (Å²) in [4.78, 5) is 0. The van der Waals surface area contributed by atoms with E-state index in [1.165, 1.54) is 24.0 Å². The van der Waals surface area contributed by atoms with Gasteiger partial charge in [0.15, 0.2) is 0 Å². The number of ether oxygens (including phenoxy) is 1. The van der Waals surface area contributed by atoms with E-state index in [1.807, 2.05) is 0 Å². The zero-order valence-corrected chi connectivity index (χ0v) is 12.6. The van der Waals surface area contributed by atoms with Crippen LogP contribution in [0.2, 0.25) is 0 Å². The lowest BCUT2D eigenvalue weighted by Crippen LogP contribution is -2.00. The Bertz CT molecular complexity index is 353. The molecule has 0 saturated heterocycles. The molecular formula is C17H28O. The van der Waals surface area contributed by atoms with Crippen molar-refractivity contribution in [1.29, 1.82) is 0 Å². The Labute approximate surface area is 113 Å². The van der Waals surface area contributed by atoms with E-state index in [9.17, 15) is 0 Å². The fourth-order valence-electron chi connectivity index (χ4n) is 2.04. The third-order valence-corrected chi connectivity index (χ3v) is 3.18. The van der Waals surface area contributed by atoms with Crippen LogP contribution in [0.25, 0.3) is 0 Å². The molecule has 0 N–H and O–H groups in total. The minimum atomic E-state index is 0.563. The smallest absolute Gasteiger partial charge is 0.119 e. The number of hydrogen-bond acceptors (Lipinski definition) is 1. The van der Waals surface area contributed by atoms with Gasteiger partial charge in [0, 0.05) is 0 Å². The van der Waals surface area contributed by atoms with Gasteiger partial charge in [0.05, 0.1) is 6.61 Å². The van der Waals surface area contributed by atoms with Crippen molar-refractivity contribution in [1.82, 2.24) is 0 Å². The molecule has 0 aromatic heterocycles. The normalized spacial score (nSPS) is 11.3. The molecular weight excluding hydrogens is 220 g/mol. The Hall–Kier alpha value is -0.980. The summed E-state index contributed by atoms with van der Waals surface area (Å²) >= 11 is 0. The van der Waals surface area contributed by atoms with Crippen LogP contribution in [-0.2, 0) is 0 Å². The molecule has 0 fully saturated rings. The van der Waals surface area contributed by atoms with E-state index in [1.54, 1.807) is 0 Å². The van der Waals surface area contributed by atoms with Crippen LogP contribution in [0.3, 0.4) is 0 Å². The Morgan fingerprint density at radius 1 is 1.00 bits per heavy atom. The minimum absolute atomic E-state index is 0.563. The summed E-state index contributed by atoms with van der Waals surface area (Å²) in [6.45, 7) is 12.0. The van der Waals surface area contributed by atoms with Crippen LogP contribution in [0.1, 0.15) is 64.0 Å². The Balaban J connectivity index is 2.42. The topological polar surface area (TPSA) is 9.23 Å². The van der Waals surface area contributed by atoms with Crippen molar-refractivity contribution >= 4 is 0 Å². The SMILES string of the molecule is Cc1cc(OCCCCC(C)C)cc(C(C)C)c1. The molecule has 0 atom stereocenters. The van der Waals surface area contributed by atoms with E-state index >= 15 is 0 Å². The van der Waals surface area contributed by atoms with Crippen molar-refractivity contribution in [3.8, 4) is 5.75 Å². The second-order valence-electron chi connectivity index (χ2n) is 5.97. The van der Waals surface area contributed by atoms with E-state index in [0.29, 0.717) is 5.92 Å². The van der Waals surface area contributed by atoms with Gasteiger partial charge in [-0.25, -0.2) is 0 Å². The Morgan fingerprint density at radius 3 is 2.33 bits per heavy atom. The maximum Gasteiger partial charge on any atom is 0.119 e. The van der Waals surface area contributed by atoms with Crippen molar-refractivity contribution in [2.45, 2.75) is 59.8 Å². The minimum Gasteiger partial charge on any atom is -0.494 e. The van der Waals surface area contributed by atoms with Gasteiger partial charge in [-0.3, -0.25) is 0 Å². The lowest BCUT2D eigenvalue weighted by atomic mass is 10.0. The fourth-order valence-corrected chi connectivity index (χ4v) is 2.04. The van der Waals surface area contributed by atoms with Crippen molar-refractivity contribution < 1.29 is 4.74 Å². The standard InChI is InChI=1S/C17H28O/c1-13(2)8-6-7-9-18-17-11-15(5)10-16(12-17)14(3)4/h10-14H,6-9H2,1-5H3. The van der Waals surface area contributed by atoms with Crippen molar-refractivity contribution in [3.05, 3.63) is 29.3 Å². The average Bonchev–Trinajstić information content (AvgIpc) is 2.27. The van der Waals surface area contributed by atoms with Crippen molar-refractivity contribution in [2.75, 3.05) is 6.61 Å². The predicted molar refractivity (Wildman–Crippen MR) is 79.5 cm³/mol. The zero-order chi connectivity index (χ0) is 13.5. The Kier molecular flexibility index (Phi) is 6.24. The first-order chi connectivity index (χ1) is 8.49. The van der Waals surface area contributed by atoms with Crippen LogP contribution in [-0.4, -0.2) is 6.61 Å². The van der Waals surface area contributed by atoms with Crippen LogP contribution < -0.4 is 4.74 Å². The van der Waals surface area contributed by atoms with Gasteiger partial charge in [0.2, 0.25) is 0 Å². The first-order valence-electron chi connectivity index (χ1n) is 7.23. The van der Waals surface area contributed by atoms with Gasteiger partial charge in [-0.05, 0) is 54.9 Å². The lowest BCUT2D eigenvalue weighted by Gasteiger charge is -2.12. The third-order valence-electron chi connectivity index (χ3n) is 3.18. The molecule has 0 amide bonds. The molecule has 1 heteroatoms. The van der Waals surface area contributed by atoms with Gasteiger partial charge >= 0.3 is 0 Å². The highest BCUT2D eigenvalue weighted by Gasteiger charge is 2.03. The summed E-state index contributed by atoms with van der Waals surface area (Å²) in [5.41, 5.74) is 2.66. The summed E-state index contributed by atoms with van der Waals surface area (Å²) in [6, 6.07) is 6.56. The molecule has 1 aromatic rings. The number of rotatable bonds is 7. The third kappa shape index (κ3) is 5.57. The molecule has 0 spiro atoms. The van der Waals surface area contributed by atoms with Gasteiger partial charge in [-0.2, -0.15) is 0 Å². The molecule has 0 aliphatic heterocycles. The molecule has 0 aliphatic carbocycles. The van der Waals surface area contributed by atoms with Gasteiger partial charge in [-0.15, -0.1) is 0 Å². The zero-order valence-electron chi connectivity index (χ0n) is 12.6. The molecule has 1 rings (SSSR count). The second kappa shape index (κ2) is 7.45. The van der Waals surface area contributed by atoms with E-state index in [4.69, 9.17) is 4.74 Å². The highest BCUT2D eigenvalue weighted by molar-refractivity contribution is 5.35. The molecule has 0 bridgehead atoms. The average molecular weight is 248 g/mol. The maximum absolute atomic E-state index is 5.86. The lowest BCUT2D eigenvalue weighted by molar-refractivity contribution is 0.301. The molecule has 1 aromatic carbocycles. The fraction of sp³-hybridized carbons (Fsp3) is 0.647. The highest BCUT2D eigenvalue weighted by Crippen LogP contribution is 2.23. The van der Waals surface area contributed by atoms with E-state index in [0.717, 1.165) is 24.7 Å². The summed E-state index contributed by atoms with van der Waals surface area (Å²) in [7, 11) is 0. The summed E-state index contributed by atoms with van der Waals surface area (Å²) in [5, 5.41) is 0. The summed E-state index contributed by atoms with van der Waals surface area (Å²) < 4.78 is 5.86. The molecule has 0 saturated carbocycles. The number of benzene rings is 1. The second-order valence-corrected chi connectivity index (χ2v) is 5.97. The molecule has 1 nitrogen and oxygen atoms in total. The summed E-state index contributed by atoms with van der Waals surface area (Å²) in [5.74, 6) is 2.40. The monoisotopic (exact) mass is 248 g/mol. The van der Waals surface area contributed by atoms with Gasteiger partial charge < -0.3 is 4.74 Å². The van der Waals surface area contributed by atoms with Crippen molar-refractivity contribution in [3.63, 3.8) is 0 Å². The van der Waals surface area contributed by atoms with E-state index < -0.39 is 0 Å². The molecule has 18 heavy (non-hydrogen) atoms. The molecule has 0 aliphatic rings.